The van der Waals surface area contributed by atoms with Crippen LogP contribution >= 0.6 is 7.14 Å². The van der Waals surface area contributed by atoms with Crippen molar-refractivity contribution in [3.63, 3.8) is 0 Å². The number of fused-ring (bicyclic) bond motifs is 1. The van der Waals surface area contributed by atoms with Crippen LogP contribution in [0.3, 0.4) is 0 Å². The summed E-state index contributed by atoms with van der Waals surface area (Å²) in [7, 11) is 0.865. The molecule has 9 nitrogen and oxygen atoms in total. The number of aromatic nitrogens is 4. The first-order chi connectivity index (χ1) is 19.2. The van der Waals surface area contributed by atoms with Crippen LogP contribution in [0.5, 0.6) is 17.2 Å². The average Bonchev–Trinajstić information content (AvgIpc) is 3.27. The van der Waals surface area contributed by atoms with Crippen LogP contribution in [0.15, 0.2) is 73.1 Å². The molecule has 2 aromatic carbocycles. The summed E-state index contributed by atoms with van der Waals surface area (Å²) in [6, 6.07) is 19.4. The van der Waals surface area contributed by atoms with Gasteiger partial charge in [-0.3, -0.25) is 9.55 Å². The molecule has 0 atom stereocenters. The van der Waals surface area contributed by atoms with Gasteiger partial charge in [0.15, 0.2) is 17.1 Å². The van der Waals surface area contributed by atoms with E-state index in [0.29, 0.717) is 47.2 Å². The van der Waals surface area contributed by atoms with E-state index in [1.807, 2.05) is 59.2 Å². The quantitative estimate of drug-likeness (QED) is 0.238. The Morgan fingerprint density at radius 3 is 2.27 bits per heavy atom. The van der Waals surface area contributed by atoms with Crippen molar-refractivity contribution in [1.29, 1.82) is 0 Å². The van der Waals surface area contributed by atoms with Crippen LogP contribution in [0.4, 0.5) is 5.95 Å². The summed E-state index contributed by atoms with van der Waals surface area (Å²) in [5.41, 5.74) is 12.1. The normalized spacial score (nSPS) is 11.5. The molecule has 0 amide bonds. The van der Waals surface area contributed by atoms with Crippen molar-refractivity contribution in [1.82, 2.24) is 19.5 Å². The highest BCUT2D eigenvalue weighted by Gasteiger charge is 2.15. The Labute approximate surface area is 233 Å². The third kappa shape index (κ3) is 5.95. The Morgan fingerprint density at radius 1 is 0.850 bits per heavy atom. The van der Waals surface area contributed by atoms with Gasteiger partial charge in [-0.1, -0.05) is 24.3 Å². The summed E-state index contributed by atoms with van der Waals surface area (Å²) in [5.74, 6) is 2.51. The lowest BCUT2D eigenvalue weighted by Gasteiger charge is -2.13. The maximum atomic E-state index is 12.3. The number of nitrogens with two attached hydrogens (primary N) is 1. The molecule has 0 bridgehead atoms. The lowest BCUT2D eigenvalue weighted by atomic mass is 10.1. The number of methoxy groups -OCH3 is 2. The van der Waals surface area contributed by atoms with Crippen LogP contribution in [0.2, 0.25) is 0 Å². The third-order valence-electron chi connectivity index (χ3n) is 6.62. The topological polar surface area (TPSA) is 114 Å². The van der Waals surface area contributed by atoms with E-state index in [9.17, 15) is 4.57 Å². The average molecular weight is 558 g/mol. The predicted octanol–water partition coefficient (Wildman–Crippen LogP) is 5.01. The molecular formula is C30H32N5O4P. The van der Waals surface area contributed by atoms with Gasteiger partial charge in [-0.2, -0.15) is 0 Å². The van der Waals surface area contributed by atoms with E-state index in [4.69, 9.17) is 19.9 Å². The molecule has 40 heavy (non-hydrogen) atoms. The summed E-state index contributed by atoms with van der Waals surface area (Å²) in [5, 5.41) is 0. The van der Waals surface area contributed by atoms with Crippen LogP contribution in [-0.4, -0.2) is 53.7 Å². The SMILES string of the molecule is COc1ccc(CCOc2ccc(Cn3c(N)nc4cc(-c5ccc(P(C)(C)=O)nc5)cnc43)cc2OC)cc1. The molecule has 0 radical (unpaired) electrons. The minimum Gasteiger partial charge on any atom is -0.497 e. The van der Waals surface area contributed by atoms with Gasteiger partial charge < -0.3 is 24.5 Å². The van der Waals surface area contributed by atoms with Gasteiger partial charge in [0.2, 0.25) is 5.95 Å². The number of hydrogen-bond donors (Lipinski definition) is 1. The molecule has 2 N–H and O–H groups in total. The maximum Gasteiger partial charge on any atom is 0.202 e. The zero-order valence-electron chi connectivity index (χ0n) is 23.0. The van der Waals surface area contributed by atoms with Gasteiger partial charge in [-0.25, -0.2) is 9.97 Å². The van der Waals surface area contributed by atoms with E-state index >= 15 is 0 Å². The smallest absolute Gasteiger partial charge is 0.202 e. The fourth-order valence-corrected chi connectivity index (χ4v) is 5.17. The molecule has 206 valence electrons. The largest absolute Gasteiger partial charge is 0.497 e. The van der Waals surface area contributed by atoms with E-state index in [1.165, 1.54) is 0 Å². The van der Waals surface area contributed by atoms with Gasteiger partial charge in [0.05, 0.1) is 32.8 Å². The number of anilines is 1. The highest BCUT2D eigenvalue weighted by Crippen LogP contribution is 2.34. The van der Waals surface area contributed by atoms with Gasteiger partial charge in [0.1, 0.15) is 18.4 Å². The summed E-state index contributed by atoms with van der Waals surface area (Å²) in [6.45, 7) is 4.40. The molecule has 0 spiro atoms. The third-order valence-corrected chi connectivity index (χ3v) is 7.99. The first-order valence-electron chi connectivity index (χ1n) is 12.8. The van der Waals surface area contributed by atoms with E-state index < -0.39 is 7.14 Å². The second kappa shape index (κ2) is 11.4. The molecule has 5 rings (SSSR count). The number of rotatable bonds is 10. The monoisotopic (exact) mass is 557 g/mol. The molecule has 10 heteroatoms. The number of imidazole rings is 1. The molecular weight excluding hydrogens is 525 g/mol. The Bertz CT molecular complexity index is 1680. The minimum atomic E-state index is -2.42. The van der Waals surface area contributed by atoms with Gasteiger partial charge in [-0.05, 0) is 60.9 Å². The second-order valence-electron chi connectivity index (χ2n) is 9.81. The highest BCUT2D eigenvalue weighted by atomic mass is 31.2. The van der Waals surface area contributed by atoms with Crippen molar-refractivity contribution >= 4 is 29.7 Å². The summed E-state index contributed by atoms with van der Waals surface area (Å²) in [6.07, 6.45) is 4.25. The Kier molecular flexibility index (Phi) is 7.76. The van der Waals surface area contributed by atoms with Gasteiger partial charge in [0.25, 0.3) is 0 Å². The summed E-state index contributed by atoms with van der Waals surface area (Å²) >= 11 is 0. The number of benzene rings is 2. The Hall–Kier alpha value is -4.36. The summed E-state index contributed by atoms with van der Waals surface area (Å²) in [4.78, 5) is 13.6. The summed E-state index contributed by atoms with van der Waals surface area (Å²) < 4.78 is 31.0. The van der Waals surface area contributed by atoms with Crippen LogP contribution in [0.1, 0.15) is 11.1 Å². The fraction of sp³-hybridized carbons (Fsp3) is 0.233. The number of ether oxygens (including phenoxy) is 3. The van der Waals surface area contributed by atoms with Crippen LogP contribution in [0, 0.1) is 0 Å². The van der Waals surface area contributed by atoms with Gasteiger partial charge >= 0.3 is 0 Å². The number of pyridine rings is 2. The second-order valence-corrected chi connectivity index (χ2v) is 13.0. The first-order valence-corrected chi connectivity index (χ1v) is 15.4. The van der Waals surface area contributed by atoms with Crippen molar-refractivity contribution in [2.75, 3.05) is 39.9 Å². The van der Waals surface area contributed by atoms with Crippen molar-refractivity contribution < 1.29 is 18.8 Å². The molecule has 3 aromatic heterocycles. The first kappa shape index (κ1) is 27.2. The molecule has 0 saturated carbocycles. The van der Waals surface area contributed by atoms with Crippen LogP contribution in [-0.2, 0) is 17.5 Å². The fourth-order valence-electron chi connectivity index (χ4n) is 4.40. The van der Waals surface area contributed by atoms with Crippen molar-refractivity contribution in [3.8, 4) is 28.4 Å². The van der Waals surface area contributed by atoms with E-state index in [0.717, 1.165) is 34.4 Å². The number of nitrogens with zero attached hydrogens (tertiary/aromatic N) is 4. The number of hydrogen-bond acceptors (Lipinski definition) is 8. The molecule has 0 unspecified atom stereocenters. The highest BCUT2D eigenvalue weighted by molar-refractivity contribution is 7.69. The molecule has 0 aliphatic heterocycles. The lowest BCUT2D eigenvalue weighted by molar-refractivity contribution is 0.297. The van der Waals surface area contributed by atoms with Crippen molar-refractivity contribution in [3.05, 3.63) is 84.2 Å². The Morgan fingerprint density at radius 2 is 1.60 bits per heavy atom. The van der Waals surface area contributed by atoms with Crippen molar-refractivity contribution in [2.45, 2.75) is 13.0 Å². The lowest BCUT2D eigenvalue weighted by Crippen LogP contribution is -2.07. The van der Waals surface area contributed by atoms with Gasteiger partial charge in [0, 0.05) is 29.9 Å². The van der Waals surface area contributed by atoms with E-state index in [-0.39, 0.29) is 0 Å². The molecule has 0 saturated heterocycles. The molecule has 3 heterocycles. The van der Waals surface area contributed by atoms with Crippen molar-refractivity contribution in [2.24, 2.45) is 0 Å². The molecule has 0 aliphatic rings. The number of nitrogen functional groups attached to an aromatic ring is 1. The molecule has 0 aliphatic carbocycles. The van der Waals surface area contributed by atoms with Crippen LogP contribution in [0.25, 0.3) is 22.3 Å². The zero-order valence-corrected chi connectivity index (χ0v) is 23.9. The van der Waals surface area contributed by atoms with E-state index in [1.54, 1.807) is 46.0 Å². The predicted molar refractivity (Wildman–Crippen MR) is 159 cm³/mol. The molecule has 0 fully saturated rings. The van der Waals surface area contributed by atoms with E-state index in [2.05, 4.69) is 15.0 Å². The molecule has 5 aromatic rings. The van der Waals surface area contributed by atoms with Crippen LogP contribution < -0.4 is 25.4 Å². The Balaban J connectivity index is 1.30. The van der Waals surface area contributed by atoms with Gasteiger partial charge in [-0.15, -0.1) is 0 Å². The minimum absolute atomic E-state index is 0.366. The maximum absolute atomic E-state index is 12.3. The standard InChI is InChI=1S/C30H32N5O4P/c1-37-24-9-5-20(6-10-24)13-14-39-26-11-7-21(15-27(26)38-2)19-35-29-25(34-30(35)31)16-23(18-33-29)22-8-12-28(32-17-22)40(3,4)36/h5-12,15-18H,13-14,19H2,1-4H3,(H2,31,34). The zero-order chi connectivity index (χ0) is 28.3.